The Morgan fingerprint density at radius 3 is 2.29 bits per heavy atom. The smallest absolute Gasteiger partial charge is 0.127 e. The summed E-state index contributed by atoms with van der Waals surface area (Å²) in [5.41, 5.74) is 7.54. The summed E-state index contributed by atoms with van der Waals surface area (Å²) in [7, 11) is 0. The molecular formula is C13H14Cl2N2. The van der Waals surface area contributed by atoms with E-state index < -0.39 is 0 Å². The van der Waals surface area contributed by atoms with E-state index in [1.54, 1.807) is 12.1 Å². The summed E-state index contributed by atoms with van der Waals surface area (Å²) in [5.74, 6) is 0.508. The molecule has 0 saturated carbocycles. The van der Waals surface area contributed by atoms with Crippen LogP contribution in [-0.2, 0) is 5.41 Å². The Labute approximate surface area is 111 Å². The lowest BCUT2D eigenvalue weighted by atomic mass is 9.86. The van der Waals surface area contributed by atoms with Crippen molar-refractivity contribution in [3.63, 3.8) is 0 Å². The second-order valence-electron chi connectivity index (χ2n) is 5.10. The fraction of sp³-hybridized carbons (Fsp3) is 0.308. The molecule has 1 aromatic carbocycles. The molecule has 0 aliphatic heterocycles. The van der Waals surface area contributed by atoms with Gasteiger partial charge in [0.1, 0.15) is 5.82 Å². The van der Waals surface area contributed by atoms with Gasteiger partial charge in [0, 0.05) is 10.9 Å². The molecule has 0 aliphatic carbocycles. The topological polar surface area (TPSA) is 38.9 Å². The van der Waals surface area contributed by atoms with Crippen molar-refractivity contribution in [2.45, 2.75) is 26.2 Å². The Balaban J connectivity index is 2.85. The summed E-state index contributed by atoms with van der Waals surface area (Å²) in [6, 6.07) is 5.48. The SMILES string of the molecule is CC(C)(C)c1cc2c(Cl)ccc(Cl)c2nc1N. The second-order valence-corrected chi connectivity index (χ2v) is 5.91. The highest BCUT2D eigenvalue weighted by atomic mass is 35.5. The van der Waals surface area contributed by atoms with Crippen molar-refractivity contribution < 1.29 is 0 Å². The zero-order valence-corrected chi connectivity index (χ0v) is 11.5. The van der Waals surface area contributed by atoms with Crippen LogP contribution >= 0.6 is 23.2 Å². The maximum Gasteiger partial charge on any atom is 0.127 e. The van der Waals surface area contributed by atoms with Crippen LogP contribution in [0.1, 0.15) is 26.3 Å². The average molecular weight is 269 g/mol. The first kappa shape index (κ1) is 12.5. The number of rotatable bonds is 0. The van der Waals surface area contributed by atoms with Crippen LogP contribution < -0.4 is 5.73 Å². The number of fused-ring (bicyclic) bond motifs is 1. The van der Waals surface area contributed by atoms with Crippen LogP contribution in [0.4, 0.5) is 5.82 Å². The molecule has 1 aromatic heterocycles. The third-order valence-electron chi connectivity index (χ3n) is 2.72. The van der Waals surface area contributed by atoms with Gasteiger partial charge in [0.05, 0.1) is 15.6 Å². The molecule has 2 nitrogen and oxygen atoms in total. The minimum atomic E-state index is -0.0725. The molecule has 0 bridgehead atoms. The number of halogens is 2. The molecule has 0 saturated heterocycles. The number of anilines is 1. The van der Waals surface area contributed by atoms with Crippen LogP contribution in [0.3, 0.4) is 0 Å². The predicted octanol–water partition coefficient (Wildman–Crippen LogP) is 4.42. The molecule has 90 valence electrons. The number of nitrogens with zero attached hydrogens (tertiary/aromatic N) is 1. The summed E-state index contributed by atoms with van der Waals surface area (Å²) in [4.78, 5) is 4.36. The molecule has 0 unspecified atom stereocenters. The Bertz CT molecular complexity index is 586. The van der Waals surface area contributed by atoms with E-state index in [1.165, 1.54) is 0 Å². The zero-order valence-electron chi connectivity index (χ0n) is 10.0. The van der Waals surface area contributed by atoms with Crippen molar-refractivity contribution in [3.05, 3.63) is 33.8 Å². The van der Waals surface area contributed by atoms with Crippen molar-refractivity contribution in [2.75, 3.05) is 5.73 Å². The van der Waals surface area contributed by atoms with E-state index in [-0.39, 0.29) is 5.41 Å². The quantitative estimate of drug-likeness (QED) is 0.768. The van der Waals surface area contributed by atoms with Crippen molar-refractivity contribution in [1.82, 2.24) is 4.98 Å². The molecule has 0 aliphatic rings. The van der Waals surface area contributed by atoms with Gasteiger partial charge in [0.2, 0.25) is 0 Å². The summed E-state index contributed by atoms with van der Waals surface area (Å²) in [5, 5.41) is 2.05. The highest BCUT2D eigenvalue weighted by Gasteiger charge is 2.19. The molecule has 1 heterocycles. The van der Waals surface area contributed by atoms with Gasteiger partial charge < -0.3 is 5.73 Å². The largest absolute Gasteiger partial charge is 0.383 e. The molecule has 0 fully saturated rings. The first-order chi connectivity index (χ1) is 7.80. The minimum Gasteiger partial charge on any atom is -0.383 e. The van der Waals surface area contributed by atoms with Crippen LogP contribution in [-0.4, -0.2) is 4.98 Å². The standard InChI is InChI=1S/C13H14Cl2N2/c1-13(2,3)8-6-7-9(14)4-5-10(15)11(7)17-12(8)16/h4-6H,1-3H3,(H2,16,17). The average Bonchev–Trinajstić information content (AvgIpc) is 2.21. The van der Waals surface area contributed by atoms with Crippen LogP contribution in [0.2, 0.25) is 10.0 Å². The summed E-state index contributed by atoms with van der Waals surface area (Å²) >= 11 is 12.3. The van der Waals surface area contributed by atoms with Gasteiger partial charge in [-0.25, -0.2) is 4.98 Å². The van der Waals surface area contributed by atoms with Gasteiger partial charge in [-0.15, -0.1) is 0 Å². The number of nitrogens with two attached hydrogens (primary N) is 1. The molecule has 0 radical (unpaired) electrons. The van der Waals surface area contributed by atoms with Gasteiger partial charge >= 0.3 is 0 Å². The molecule has 2 rings (SSSR count). The van der Waals surface area contributed by atoms with E-state index in [9.17, 15) is 0 Å². The predicted molar refractivity (Wildman–Crippen MR) is 74.9 cm³/mol. The lowest BCUT2D eigenvalue weighted by Gasteiger charge is -2.21. The number of benzene rings is 1. The van der Waals surface area contributed by atoms with Crippen molar-refractivity contribution >= 4 is 39.9 Å². The van der Waals surface area contributed by atoms with Crippen LogP contribution in [0, 0.1) is 0 Å². The number of aromatic nitrogens is 1. The first-order valence-electron chi connectivity index (χ1n) is 5.35. The lowest BCUT2D eigenvalue weighted by molar-refractivity contribution is 0.591. The Kier molecular flexibility index (Phi) is 2.96. The maximum atomic E-state index is 6.16. The molecule has 17 heavy (non-hydrogen) atoms. The van der Waals surface area contributed by atoms with Crippen molar-refractivity contribution in [2.24, 2.45) is 0 Å². The zero-order chi connectivity index (χ0) is 12.8. The van der Waals surface area contributed by atoms with Gasteiger partial charge in [-0.2, -0.15) is 0 Å². The van der Waals surface area contributed by atoms with E-state index in [4.69, 9.17) is 28.9 Å². The fourth-order valence-corrected chi connectivity index (χ4v) is 2.22. The third kappa shape index (κ3) is 2.20. The fourth-order valence-electron chi connectivity index (χ4n) is 1.81. The van der Waals surface area contributed by atoms with E-state index >= 15 is 0 Å². The molecule has 2 N–H and O–H groups in total. The van der Waals surface area contributed by atoms with E-state index in [0.29, 0.717) is 21.4 Å². The Morgan fingerprint density at radius 2 is 1.71 bits per heavy atom. The van der Waals surface area contributed by atoms with Gasteiger partial charge in [-0.1, -0.05) is 44.0 Å². The highest BCUT2D eigenvalue weighted by Crippen LogP contribution is 2.34. The second kappa shape index (κ2) is 4.04. The Hall–Kier alpha value is -0.990. The van der Waals surface area contributed by atoms with Gasteiger partial charge in [0.15, 0.2) is 0 Å². The van der Waals surface area contributed by atoms with Crippen molar-refractivity contribution in [3.8, 4) is 0 Å². The highest BCUT2D eigenvalue weighted by molar-refractivity contribution is 6.39. The number of hydrogen-bond acceptors (Lipinski definition) is 2. The molecule has 2 aromatic rings. The van der Waals surface area contributed by atoms with Gasteiger partial charge in [-0.3, -0.25) is 0 Å². The number of pyridine rings is 1. The molecule has 0 spiro atoms. The van der Waals surface area contributed by atoms with E-state index in [1.807, 2.05) is 6.07 Å². The van der Waals surface area contributed by atoms with Crippen LogP contribution in [0.25, 0.3) is 10.9 Å². The molecule has 4 heteroatoms. The Morgan fingerprint density at radius 1 is 1.12 bits per heavy atom. The number of hydrogen-bond donors (Lipinski definition) is 1. The summed E-state index contributed by atoms with van der Waals surface area (Å²) in [6.45, 7) is 6.26. The maximum absolute atomic E-state index is 6.16. The van der Waals surface area contributed by atoms with Crippen molar-refractivity contribution in [1.29, 1.82) is 0 Å². The third-order valence-corrected chi connectivity index (χ3v) is 3.35. The monoisotopic (exact) mass is 268 g/mol. The van der Waals surface area contributed by atoms with Gasteiger partial charge in [-0.05, 0) is 23.6 Å². The normalized spacial score (nSPS) is 12.1. The van der Waals surface area contributed by atoms with E-state index in [2.05, 4.69) is 25.8 Å². The van der Waals surface area contributed by atoms with Crippen LogP contribution in [0.15, 0.2) is 18.2 Å². The minimum absolute atomic E-state index is 0.0725. The number of nitrogen functional groups attached to an aromatic ring is 1. The van der Waals surface area contributed by atoms with E-state index in [0.717, 1.165) is 10.9 Å². The summed E-state index contributed by atoms with van der Waals surface area (Å²) in [6.07, 6.45) is 0. The molecular weight excluding hydrogens is 255 g/mol. The summed E-state index contributed by atoms with van der Waals surface area (Å²) < 4.78 is 0. The van der Waals surface area contributed by atoms with Gasteiger partial charge in [0.25, 0.3) is 0 Å². The lowest BCUT2D eigenvalue weighted by Crippen LogP contribution is -2.15. The first-order valence-corrected chi connectivity index (χ1v) is 6.11. The molecule has 0 atom stereocenters. The van der Waals surface area contributed by atoms with Crippen LogP contribution in [0.5, 0.6) is 0 Å². The molecule has 0 amide bonds.